The molecule has 0 aliphatic carbocycles. The Morgan fingerprint density at radius 3 is 2.70 bits per heavy atom. The standard InChI is InChI=1S/C15H18N2O3/c1-10-5-4-6-11(7-10)12(18)8-17-9-13(19)16-14(20)15(17,2)3/h4-7H,8-9H2,1-3H3,(H,16,19,20). The van der Waals surface area contributed by atoms with E-state index in [4.69, 9.17) is 0 Å². The van der Waals surface area contributed by atoms with Gasteiger partial charge in [-0.05, 0) is 26.8 Å². The first-order chi connectivity index (χ1) is 9.30. The number of piperazine rings is 1. The van der Waals surface area contributed by atoms with Gasteiger partial charge in [-0.1, -0.05) is 23.8 Å². The molecule has 1 aromatic rings. The van der Waals surface area contributed by atoms with Crippen LogP contribution in [-0.2, 0) is 9.59 Å². The molecule has 0 atom stereocenters. The van der Waals surface area contributed by atoms with Gasteiger partial charge in [-0.25, -0.2) is 0 Å². The number of carbonyl (C=O) groups excluding carboxylic acids is 3. The second kappa shape index (κ2) is 5.17. The minimum Gasteiger partial charge on any atom is -0.294 e. The molecule has 1 heterocycles. The Morgan fingerprint density at radius 2 is 2.05 bits per heavy atom. The third-order valence-corrected chi connectivity index (χ3v) is 3.61. The number of carbonyl (C=O) groups is 3. The second-order valence-electron chi connectivity index (χ2n) is 5.59. The Labute approximate surface area is 118 Å². The van der Waals surface area contributed by atoms with E-state index < -0.39 is 5.54 Å². The predicted molar refractivity (Wildman–Crippen MR) is 74.3 cm³/mol. The van der Waals surface area contributed by atoms with E-state index in [2.05, 4.69) is 5.32 Å². The monoisotopic (exact) mass is 274 g/mol. The van der Waals surface area contributed by atoms with Gasteiger partial charge in [0.2, 0.25) is 11.8 Å². The van der Waals surface area contributed by atoms with Crippen molar-refractivity contribution in [3.05, 3.63) is 35.4 Å². The van der Waals surface area contributed by atoms with E-state index in [1.807, 2.05) is 19.1 Å². The Kier molecular flexibility index (Phi) is 3.72. The highest BCUT2D eigenvalue weighted by Gasteiger charge is 2.41. The van der Waals surface area contributed by atoms with E-state index in [0.717, 1.165) is 5.56 Å². The minimum absolute atomic E-state index is 0.0512. The fourth-order valence-electron chi connectivity index (χ4n) is 2.17. The molecule has 1 aliphatic heterocycles. The number of imide groups is 1. The van der Waals surface area contributed by atoms with Gasteiger partial charge in [0.15, 0.2) is 5.78 Å². The summed E-state index contributed by atoms with van der Waals surface area (Å²) in [5, 5.41) is 2.29. The van der Waals surface area contributed by atoms with Crippen LogP contribution in [0.4, 0.5) is 0 Å². The van der Waals surface area contributed by atoms with Crippen molar-refractivity contribution in [1.29, 1.82) is 0 Å². The highest BCUT2D eigenvalue weighted by atomic mass is 16.2. The molecule has 1 aliphatic rings. The van der Waals surface area contributed by atoms with Gasteiger partial charge in [-0.15, -0.1) is 0 Å². The number of nitrogens with zero attached hydrogens (tertiary/aromatic N) is 1. The van der Waals surface area contributed by atoms with E-state index in [-0.39, 0.29) is 30.7 Å². The summed E-state index contributed by atoms with van der Waals surface area (Å²) >= 11 is 0. The number of hydrogen-bond acceptors (Lipinski definition) is 4. The summed E-state index contributed by atoms with van der Waals surface area (Å²) in [5.74, 6) is -0.832. The van der Waals surface area contributed by atoms with Crippen molar-refractivity contribution in [1.82, 2.24) is 10.2 Å². The Morgan fingerprint density at radius 1 is 1.35 bits per heavy atom. The lowest BCUT2D eigenvalue weighted by Crippen LogP contribution is -2.64. The maximum absolute atomic E-state index is 12.3. The quantitative estimate of drug-likeness (QED) is 0.657. The number of nitrogens with one attached hydrogen (secondary N) is 1. The third-order valence-electron chi connectivity index (χ3n) is 3.61. The van der Waals surface area contributed by atoms with Crippen molar-refractivity contribution < 1.29 is 14.4 Å². The lowest BCUT2D eigenvalue weighted by Gasteiger charge is -2.39. The predicted octanol–water partition coefficient (Wildman–Crippen LogP) is 0.915. The molecule has 0 spiro atoms. The molecule has 106 valence electrons. The largest absolute Gasteiger partial charge is 0.294 e. The topological polar surface area (TPSA) is 66.5 Å². The zero-order valence-corrected chi connectivity index (χ0v) is 11.9. The summed E-state index contributed by atoms with van der Waals surface area (Å²) in [6.45, 7) is 5.43. The van der Waals surface area contributed by atoms with Crippen LogP contribution < -0.4 is 5.32 Å². The van der Waals surface area contributed by atoms with Gasteiger partial charge in [0, 0.05) is 5.56 Å². The highest BCUT2D eigenvalue weighted by molar-refractivity contribution is 6.04. The maximum Gasteiger partial charge on any atom is 0.246 e. The number of aryl methyl sites for hydroxylation is 1. The van der Waals surface area contributed by atoms with E-state index in [9.17, 15) is 14.4 Å². The SMILES string of the molecule is Cc1cccc(C(=O)CN2CC(=O)NC(=O)C2(C)C)c1. The van der Waals surface area contributed by atoms with Crippen LogP contribution in [0.3, 0.4) is 0 Å². The van der Waals surface area contributed by atoms with Gasteiger partial charge < -0.3 is 0 Å². The minimum atomic E-state index is -0.868. The average Bonchev–Trinajstić information content (AvgIpc) is 2.36. The van der Waals surface area contributed by atoms with Crippen molar-refractivity contribution in [2.45, 2.75) is 26.3 Å². The number of rotatable bonds is 3. The molecule has 5 nitrogen and oxygen atoms in total. The number of ketones is 1. The van der Waals surface area contributed by atoms with Gasteiger partial charge in [0.1, 0.15) is 0 Å². The third kappa shape index (κ3) is 2.77. The molecule has 2 amide bonds. The van der Waals surface area contributed by atoms with Crippen molar-refractivity contribution in [2.75, 3.05) is 13.1 Å². The molecule has 0 unspecified atom stereocenters. The lowest BCUT2D eigenvalue weighted by molar-refractivity contribution is -0.144. The summed E-state index contributed by atoms with van der Waals surface area (Å²) in [4.78, 5) is 37.2. The van der Waals surface area contributed by atoms with Crippen LogP contribution in [0, 0.1) is 6.92 Å². The molecule has 20 heavy (non-hydrogen) atoms. The summed E-state index contributed by atoms with van der Waals surface area (Å²) in [6.07, 6.45) is 0. The molecule has 1 fully saturated rings. The van der Waals surface area contributed by atoms with Crippen LogP contribution in [0.2, 0.25) is 0 Å². The molecule has 0 aromatic heterocycles. The number of benzene rings is 1. The van der Waals surface area contributed by atoms with E-state index in [0.29, 0.717) is 5.56 Å². The molecule has 0 bridgehead atoms. The molecule has 1 N–H and O–H groups in total. The summed E-state index contributed by atoms with van der Waals surface area (Å²) < 4.78 is 0. The average molecular weight is 274 g/mol. The summed E-state index contributed by atoms with van der Waals surface area (Å²) in [7, 11) is 0. The maximum atomic E-state index is 12.3. The van der Waals surface area contributed by atoms with Crippen molar-refractivity contribution in [2.24, 2.45) is 0 Å². The fourth-order valence-corrected chi connectivity index (χ4v) is 2.17. The van der Waals surface area contributed by atoms with Crippen LogP contribution in [0.1, 0.15) is 29.8 Å². The number of amides is 2. The van der Waals surface area contributed by atoms with E-state index in [1.54, 1.807) is 30.9 Å². The molecule has 2 rings (SSSR count). The molecule has 5 heteroatoms. The molecule has 1 aromatic carbocycles. The molecular weight excluding hydrogens is 256 g/mol. The molecular formula is C15H18N2O3. The van der Waals surface area contributed by atoms with Crippen LogP contribution in [0.15, 0.2) is 24.3 Å². The lowest BCUT2D eigenvalue weighted by atomic mass is 9.97. The summed E-state index contributed by atoms with van der Waals surface area (Å²) in [5.41, 5.74) is 0.731. The van der Waals surface area contributed by atoms with Crippen LogP contribution in [0.5, 0.6) is 0 Å². The zero-order valence-electron chi connectivity index (χ0n) is 11.9. The van der Waals surface area contributed by atoms with Gasteiger partial charge >= 0.3 is 0 Å². The van der Waals surface area contributed by atoms with E-state index in [1.165, 1.54) is 0 Å². The fraction of sp³-hybridized carbons (Fsp3) is 0.400. The highest BCUT2D eigenvalue weighted by Crippen LogP contribution is 2.18. The first kappa shape index (κ1) is 14.4. The number of hydrogen-bond donors (Lipinski definition) is 1. The van der Waals surface area contributed by atoms with Crippen LogP contribution >= 0.6 is 0 Å². The molecule has 1 saturated heterocycles. The van der Waals surface area contributed by atoms with Gasteiger partial charge in [-0.2, -0.15) is 0 Å². The van der Waals surface area contributed by atoms with Crippen molar-refractivity contribution >= 4 is 17.6 Å². The molecule has 0 radical (unpaired) electrons. The van der Waals surface area contributed by atoms with Crippen molar-refractivity contribution in [3.63, 3.8) is 0 Å². The Bertz CT molecular complexity index is 578. The first-order valence-electron chi connectivity index (χ1n) is 6.50. The summed E-state index contributed by atoms with van der Waals surface area (Å²) in [6, 6.07) is 7.29. The van der Waals surface area contributed by atoms with Crippen molar-refractivity contribution in [3.8, 4) is 0 Å². The smallest absolute Gasteiger partial charge is 0.246 e. The zero-order chi connectivity index (χ0) is 14.9. The molecule has 0 saturated carbocycles. The number of Topliss-reactive ketones (excluding diaryl/α,β-unsaturated/α-hetero) is 1. The first-order valence-corrected chi connectivity index (χ1v) is 6.50. The van der Waals surface area contributed by atoms with Crippen LogP contribution in [-0.4, -0.2) is 41.1 Å². The van der Waals surface area contributed by atoms with E-state index >= 15 is 0 Å². The van der Waals surface area contributed by atoms with Crippen LogP contribution in [0.25, 0.3) is 0 Å². The second-order valence-corrected chi connectivity index (χ2v) is 5.59. The van der Waals surface area contributed by atoms with Gasteiger partial charge in [0.25, 0.3) is 0 Å². The Balaban J connectivity index is 2.18. The normalized spacial score (nSPS) is 18.8. The Hall–Kier alpha value is -2.01. The van der Waals surface area contributed by atoms with Gasteiger partial charge in [-0.3, -0.25) is 24.6 Å². The van der Waals surface area contributed by atoms with Gasteiger partial charge in [0.05, 0.1) is 18.6 Å².